The fourth-order valence-corrected chi connectivity index (χ4v) is 2.52. The molecule has 1 aliphatic rings. The number of aliphatic carboxylic acids is 1. The van der Waals surface area contributed by atoms with Gasteiger partial charge in [-0.25, -0.2) is 9.59 Å². The van der Waals surface area contributed by atoms with Crippen molar-refractivity contribution in [3.8, 4) is 0 Å². The van der Waals surface area contributed by atoms with Crippen LogP contribution in [0.15, 0.2) is 18.2 Å². The lowest BCUT2D eigenvalue weighted by molar-refractivity contribution is -0.144. The van der Waals surface area contributed by atoms with Gasteiger partial charge in [0.25, 0.3) is 0 Å². The summed E-state index contributed by atoms with van der Waals surface area (Å²) in [6, 6.07) is 4.59. The topological polar surface area (TPSA) is 78.4 Å². The molecule has 21 heavy (non-hydrogen) atoms. The second-order valence-corrected chi connectivity index (χ2v) is 6.09. The van der Waals surface area contributed by atoms with E-state index >= 15 is 0 Å². The molecule has 1 fully saturated rings. The van der Waals surface area contributed by atoms with Gasteiger partial charge in [0, 0.05) is 6.54 Å². The molecule has 0 heterocycles. The van der Waals surface area contributed by atoms with Crippen LogP contribution in [0, 0.1) is 5.92 Å². The maximum absolute atomic E-state index is 11.9. The molecule has 1 aromatic rings. The molecular weight excluding hydrogens is 315 g/mol. The van der Waals surface area contributed by atoms with Crippen LogP contribution >= 0.6 is 23.2 Å². The van der Waals surface area contributed by atoms with E-state index < -0.39 is 17.5 Å². The Bertz CT molecular complexity index is 575. The van der Waals surface area contributed by atoms with Gasteiger partial charge in [-0.05, 0) is 37.3 Å². The molecule has 2 rings (SSSR count). The monoisotopic (exact) mass is 330 g/mol. The minimum absolute atomic E-state index is 0.0180. The maximum Gasteiger partial charge on any atom is 0.329 e. The summed E-state index contributed by atoms with van der Waals surface area (Å²) in [4.78, 5) is 23.2. The molecule has 0 radical (unpaired) electrons. The van der Waals surface area contributed by atoms with E-state index in [1.165, 1.54) is 6.92 Å². The van der Waals surface area contributed by atoms with Crippen molar-refractivity contribution in [2.75, 3.05) is 0 Å². The number of hydrogen-bond donors (Lipinski definition) is 3. The van der Waals surface area contributed by atoms with Gasteiger partial charge in [-0.2, -0.15) is 0 Å². The van der Waals surface area contributed by atoms with Gasteiger partial charge in [-0.3, -0.25) is 0 Å². The minimum Gasteiger partial charge on any atom is -0.480 e. The number of rotatable bonds is 5. The van der Waals surface area contributed by atoms with E-state index in [1.807, 2.05) is 0 Å². The molecule has 1 saturated carbocycles. The fraction of sp³-hybridized carbons (Fsp3) is 0.429. The fourth-order valence-electron chi connectivity index (χ4n) is 2.13. The van der Waals surface area contributed by atoms with Gasteiger partial charge in [-0.15, -0.1) is 0 Å². The van der Waals surface area contributed by atoms with Crippen molar-refractivity contribution in [1.29, 1.82) is 0 Å². The summed E-state index contributed by atoms with van der Waals surface area (Å²) in [5.74, 6) is -1.04. The number of amides is 2. The molecule has 5 nitrogen and oxygen atoms in total. The highest BCUT2D eigenvalue weighted by Gasteiger charge is 2.48. The van der Waals surface area contributed by atoms with Crippen molar-refractivity contribution in [2.24, 2.45) is 5.92 Å². The summed E-state index contributed by atoms with van der Waals surface area (Å²) in [6.07, 6.45) is 1.62. The molecule has 1 unspecified atom stereocenters. The molecule has 0 spiro atoms. The smallest absolute Gasteiger partial charge is 0.329 e. The molecule has 0 bridgehead atoms. The maximum atomic E-state index is 11.9. The third kappa shape index (κ3) is 3.60. The lowest BCUT2D eigenvalue weighted by Gasteiger charge is -2.26. The van der Waals surface area contributed by atoms with Crippen LogP contribution in [0.3, 0.4) is 0 Å². The third-order valence-electron chi connectivity index (χ3n) is 3.68. The summed E-state index contributed by atoms with van der Waals surface area (Å²) < 4.78 is 0. The molecule has 1 aromatic carbocycles. The van der Waals surface area contributed by atoms with E-state index in [-0.39, 0.29) is 12.5 Å². The first-order chi connectivity index (χ1) is 9.84. The third-order valence-corrected chi connectivity index (χ3v) is 4.54. The second-order valence-electron chi connectivity index (χ2n) is 5.30. The molecule has 0 saturated heterocycles. The highest BCUT2D eigenvalue weighted by atomic mass is 35.5. The zero-order valence-corrected chi connectivity index (χ0v) is 13.0. The summed E-state index contributed by atoms with van der Waals surface area (Å²) in [5.41, 5.74) is -0.565. The van der Waals surface area contributed by atoms with E-state index in [4.69, 9.17) is 23.2 Å². The molecule has 7 heteroatoms. The number of carbonyl (C=O) groups excluding carboxylic acids is 1. The van der Waals surface area contributed by atoms with Crippen molar-refractivity contribution in [3.05, 3.63) is 33.8 Å². The quantitative estimate of drug-likeness (QED) is 0.776. The Morgan fingerprint density at radius 3 is 2.62 bits per heavy atom. The first-order valence-corrected chi connectivity index (χ1v) is 7.32. The average Bonchev–Trinajstić information content (AvgIpc) is 3.25. The Balaban J connectivity index is 1.96. The van der Waals surface area contributed by atoms with Crippen molar-refractivity contribution >= 4 is 35.2 Å². The largest absolute Gasteiger partial charge is 0.480 e. The van der Waals surface area contributed by atoms with Crippen LogP contribution < -0.4 is 10.6 Å². The van der Waals surface area contributed by atoms with Crippen molar-refractivity contribution in [1.82, 2.24) is 10.6 Å². The number of carboxylic acid groups (broad SMARTS) is 1. The van der Waals surface area contributed by atoms with Crippen LogP contribution in [-0.2, 0) is 11.3 Å². The zero-order chi connectivity index (χ0) is 15.6. The standard InChI is InChI=1S/C14H16Cl2N2O3/c1-14(12(19)20,9-5-6-9)18-13(21)17-7-8-3-2-4-10(15)11(8)16/h2-4,9H,5-7H2,1H3,(H,19,20)(H2,17,18,21). The van der Waals surface area contributed by atoms with E-state index in [0.29, 0.717) is 15.6 Å². The highest BCUT2D eigenvalue weighted by Crippen LogP contribution is 2.39. The van der Waals surface area contributed by atoms with Gasteiger partial charge in [-0.1, -0.05) is 35.3 Å². The Morgan fingerprint density at radius 1 is 1.38 bits per heavy atom. The molecule has 0 aromatic heterocycles. The van der Waals surface area contributed by atoms with Crippen LogP contribution in [0.1, 0.15) is 25.3 Å². The van der Waals surface area contributed by atoms with Gasteiger partial charge in [0.2, 0.25) is 0 Å². The molecule has 2 amide bonds. The molecule has 3 N–H and O–H groups in total. The van der Waals surface area contributed by atoms with Crippen LogP contribution in [0.25, 0.3) is 0 Å². The molecule has 114 valence electrons. The second kappa shape index (κ2) is 6.12. The first kappa shape index (κ1) is 15.9. The predicted molar refractivity (Wildman–Crippen MR) is 80.6 cm³/mol. The van der Waals surface area contributed by atoms with Crippen LogP contribution in [-0.4, -0.2) is 22.6 Å². The Morgan fingerprint density at radius 2 is 2.05 bits per heavy atom. The number of halogens is 2. The minimum atomic E-state index is -1.23. The van der Waals surface area contributed by atoms with E-state index in [2.05, 4.69) is 10.6 Å². The number of urea groups is 1. The van der Waals surface area contributed by atoms with Crippen LogP contribution in [0.4, 0.5) is 4.79 Å². The predicted octanol–water partition coefficient (Wildman–Crippen LogP) is 3.05. The number of carboxylic acids is 1. The van der Waals surface area contributed by atoms with Crippen LogP contribution in [0.5, 0.6) is 0 Å². The number of benzene rings is 1. The Hall–Kier alpha value is -1.46. The summed E-state index contributed by atoms with van der Waals surface area (Å²) in [5, 5.41) is 15.2. The normalized spacial score (nSPS) is 16.9. The SMILES string of the molecule is CC(NC(=O)NCc1cccc(Cl)c1Cl)(C(=O)O)C1CC1. The van der Waals surface area contributed by atoms with E-state index in [0.717, 1.165) is 12.8 Å². The summed E-state index contributed by atoms with van der Waals surface area (Å²) in [7, 11) is 0. The lowest BCUT2D eigenvalue weighted by atomic mass is 9.96. The zero-order valence-electron chi connectivity index (χ0n) is 11.5. The molecule has 1 atom stereocenters. The van der Waals surface area contributed by atoms with E-state index in [1.54, 1.807) is 18.2 Å². The average molecular weight is 331 g/mol. The van der Waals surface area contributed by atoms with E-state index in [9.17, 15) is 14.7 Å². The van der Waals surface area contributed by atoms with Gasteiger partial charge >= 0.3 is 12.0 Å². The molecular formula is C14H16Cl2N2O3. The van der Waals surface area contributed by atoms with Crippen molar-refractivity contribution in [3.63, 3.8) is 0 Å². The molecule has 0 aliphatic heterocycles. The van der Waals surface area contributed by atoms with Crippen molar-refractivity contribution in [2.45, 2.75) is 31.8 Å². The van der Waals surface area contributed by atoms with Gasteiger partial charge in [0.15, 0.2) is 0 Å². The number of carbonyl (C=O) groups is 2. The number of nitrogens with one attached hydrogen (secondary N) is 2. The Labute approximate surface area is 132 Å². The number of hydrogen-bond acceptors (Lipinski definition) is 2. The van der Waals surface area contributed by atoms with Crippen molar-refractivity contribution < 1.29 is 14.7 Å². The summed E-state index contributed by atoms with van der Waals surface area (Å²) in [6.45, 7) is 1.70. The highest BCUT2D eigenvalue weighted by molar-refractivity contribution is 6.42. The summed E-state index contributed by atoms with van der Waals surface area (Å²) >= 11 is 11.9. The van der Waals surface area contributed by atoms with Crippen LogP contribution in [0.2, 0.25) is 10.0 Å². The first-order valence-electron chi connectivity index (χ1n) is 6.57. The Kier molecular flexibility index (Phi) is 4.64. The van der Waals surface area contributed by atoms with Gasteiger partial charge in [0.05, 0.1) is 10.0 Å². The van der Waals surface area contributed by atoms with Gasteiger partial charge < -0.3 is 15.7 Å². The lowest BCUT2D eigenvalue weighted by Crippen LogP contribution is -2.56. The molecule has 1 aliphatic carbocycles. The van der Waals surface area contributed by atoms with Gasteiger partial charge in [0.1, 0.15) is 5.54 Å².